The Bertz CT molecular complexity index is 312. The van der Waals surface area contributed by atoms with Gasteiger partial charge in [0.15, 0.2) is 5.60 Å². The summed E-state index contributed by atoms with van der Waals surface area (Å²) < 4.78 is 15.1. The molecule has 0 aromatic heterocycles. The molecule has 0 spiro atoms. The van der Waals surface area contributed by atoms with Crippen LogP contribution in [-0.4, -0.2) is 38.8 Å². The first-order chi connectivity index (χ1) is 6.27. The molecule has 1 saturated heterocycles. The summed E-state index contributed by atoms with van der Waals surface area (Å²) in [6.07, 6.45) is -1.24. The second-order valence-electron chi connectivity index (χ2n) is 3.08. The maximum Gasteiger partial charge on any atom is 0.337 e. The molecular weight excluding hydrogens is 215 g/mol. The molecule has 1 heterocycles. The van der Waals surface area contributed by atoms with Crippen molar-refractivity contribution in [3.8, 4) is 0 Å². The van der Waals surface area contributed by atoms with Gasteiger partial charge in [-0.1, -0.05) is 0 Å². The summed E-state index contributed by atoms with van der Waals surface area (Å²) in [4.78, 5) is 29.6. The number of carboxylic acid groups (broad SMARTS) is 2. The van der Waals surface area contributed by atoms with Gasteiger partial charge in [-0.3, -0.25) is 13.9 Å². The molecular formula is C6H9O7P. The molecule has 80 valence electrons. The van der Waals surface area contributed by atoms with Crippen molar-refractivity contribution in [3.63, 3.8) is 0 Å². The second kappa shape index (κ2) is 3.34. The van der Waals surface area contributed by atoms with Gasteiger partial charge < -0.3 is 15.1 Å². The average molecular weight is 224 g/mol. The van der Waals surface area contributed by atoms with Gasteiger partial charge in [-0.15, -0.1) is 0 Å². The summed E-state index contributed by atoms with van der Waals surface area (Å²) in [5.74, 6) is -2.58. The van der Waals surface area contributed by atoms with Gasteiger partial charge >= 0.3 is 19.5 Å². The van der Waals surface area contributed by atoms with E-state index >= 15 is 0 Å². The molecule has 1 aliphatic rings. The Morgan fingerprint density at radius 2 is 1.93 bits per heavy atom. The van der Waals surface area contributed by atoms with E-state index < -0.39 is 37.7 Å². The molecule has 0 aromatic rings. The zero-order valence-electron chi connectivity index (χ0n) is 7.04. The molecule has 1 fully saturated rings. The van der Waals surface area contributed by atoms with Crippen LogP contribution in [0.4, 0.5) is 0 Å². The second-order valence-corrected chi connectivity index (χ2v) is 4.85. The van der Waals surface area contributed by atoms with Crippen LogP contribution in [0.25, 0.3) is 0 Å². The van der Waals surface area contributed by atoms with Gasteiger partial charge in [-0.25, -0.2) is 4.79 Å². The Labute approximate surface area is 78.8 Å². The highest BCUT2D eigenvalue weighted by atomic mass is 31.2. The van der Waals surface area contributed by atoms with Gasteiger partial charge in [-0.05, 0) is 6.42 Å². The molecule has 0 amide bonds. The molecule has 2 unspecified atom stereocenters. The summed E-state index contributed by atoms with van der Waals surface area (Å²) in [5, 5.41) is 17.0. The normalized spacial score (nSPS) is 36.1. The maximum absolute atomic E-state index is 10.8. The molecule has 2 atom stereocenters. The number of rotatable bonds is 4. The van der Waals surface area contributed by atoms with Crippen LogP contribution >= 0.6 is 7.60 Å². The molecule has 14 heavy (non-hydrogen) atoms. The number of aliphatic carboxylic acids is 2. The van der Waals surface area contributed by atoms with E-state index in [0.717, 1.165) is 0 Å². The summed E-state index contributed by atoms with van der Waals surface area (Å²) >= 11 is 0. The highest BCUT2D eigenvalue weighted by Gasteiger charge is 2.58. The van der Waals surface area contributed by atoms with Crippen LogP contribution in [0, 0.1) is 0 Å². The molecule has 0 aromatic carbocycles. The molecule has 0 radical (unpaired) electrons. The van der Waals surface area contributed by atoms with Crippen molar-refractivity contribution in [1.82, 2.24) is 0 Å². The smallest absolute Gasteiger partial charge is 0.337 e. The van der Waals surface area contributed by atoms with Crippen molar-refractivity contribution in [3.05, 3.63) is 0 Å². The Kier molecular flexibility index (Phi) is 2.67. The van der Waals surface area contributed by atoms with Gasteiger partial charge in [-0.2, -0.15) is 0 Å². The predicted octanol–water partition coefficient (Wildman–Crippen LogP) is -0.110. The molecule has 0 saturated carbocycles. The Balaban J connectivity index is 2.64. The monoisotopic (exact) mass is 224 g/mol. The average Bonchev–Trinajstić information content (AvgIpc) is 1.95. The van der Waals surface area contributed by atoms with Crippen LogP contribution in [-0.2, 0) is 18.7 Å². The predicted molar refractivity (Wildman–Crippen MR) is 43.0 cm³/mol. The highest BCUT2D eigenvalue weighted by molar-refractivity contribution is 7.54. The molecule has 0 bridgehead atoms. The third-order valence-corrected chi connectivity index (χ3v) is 3.45. The van der Waals surface area contributed by atoms with Gasteiger partial charge in [0.25, 0.3) is 0 Å². The quantitative estimate of drug-likeness (QED) is 0.569. The Morgan fingerprint density at radius 1 is 1.43 bits per heavy atom. The first kappa shape index (κ1) is 11.2. The third-order valence-electron chi connectivity index (χ3n) is 1.91. The van der Waals surface area contributed by atoms with Gasteiger partial charge in [0, 0.05) is 6.42 Å². The lowest BCUT2D eigenvalue weighted by Gasteiger charge is -2.40. The van der Waals surface area contributed by atoms with Gasteiger partial charge in [0.05, 0.1) is 6.16 Å². The SMILES string of the molecule is O=C(O)CCC1(C(=O)O)CP(=O)(O)O1. The number of hydrogen-bond donors (Lipinski definition) is 3. The summed E-state index contributed by atoms with van der Waals surface area (Å²) in [6.45, 7) is 0. The summed E-state index contributed by atoms with van der Waals surface area (Å²) in [7, 11) is -3.78. The third kappa shape index (κ3) is 2.12. The van der Waals surface area contributed by atoms with E-state index in [9.17, 15) is 14.2 Å². The van der Waals surface area contributed by atoms with Crippen molar-refractivity contribution in [2.24, 2.45) is 0 Å². The van der Waals surface area contributed by atoms with Crippen LogP contribution in [0.3, 0.4) is 0 Å². The van der Waals surface area contributed by atoms with Crippen LogP contribution in [0.2, 0.25) is 0 Å². The summed E-state index contributed by atoms with van der Waals surface area (Å²) in [5.41, 5.74) is -1.79. The van der Waals surface area contributed by atoms with Crippen molar-refractivity contribution >= 4 is 19.5 Å². The van der Waals surface area contributed by atoms with Gasteiger partial charge in [0.1, 0.15) is 0 Å². The van der Waals surface area contributed by atoms with E-state index in [1.165, 1.54) is 0 Å². The van der Waals surface area contributed by atoms with Crippen LogP contribution in [0.1, 0.15) is 12.8 Å². The van der Waals surface area contributed by atoms with Crippen LogP contribution in [0.15, 0.2) is 0 Å². The molecule has 1 rings (SSSR count). The van der Waals surface area contributed by atoms with Crippen molar-refractivity contribution in [2.75, 3.05) is 6.16 Å². The van der Waals surface area contributed by atoms with Crippen molar-refractivity contribution in [2.45, 2.75) is 18.4 Å². The lowest BCUT2D eigenvalue weighted by Crippen LogP contribution is -2.52. The Hall–Kier alpha value is -0.910. The van der Waals surface area contributed by atoms with Crippen LogP contribution < -0.4 is 0 Å². The number of carbonyl (C=O) groups is 2. The van der Waals surface area contributed by atoms with E-state index in [0.29, 0.717) is 0 Å². The largest absolute Gasteiger partial charge is 0.481 e. The first-order valence-corrected chi connectivity index (χ1v) is 5.51. The van der Waals surface area contributed by atoms with E-state index in [4.69, 9.17) is 15.1 Å². The summed E-state index contributed by atoms with van der Waals surface area (Å²) in [6, 6.07) is 0. The minimum absolute atomic E-state index is 0.303. The van der Waals surface area contributed by atoms with E-state index in [1.54, 1.807) is 0 Å². The van der Waals surface area contributed by atoms with Gasteiger partial charge in [0.2, 0.25) is 0 Å². The fraction of sp³-hybridized carbons (Fsp3) is 0.667. The zero-order chi connectivity index (χ0) is 11.0. The lowest BCUT2D eigenvalue weighted by molar-refractivity contribution is -0.160. The fourth-order valence-electron chi connectivity index (χ4n) is 1.24. The van der Waals surface area contributed by atoms with E-state index in [2.05, 4.69) is 4.52 Å². The lowest BCUT2D eigenvalue weighted by atomic mass is 10.0. The minimum atomic E-state index is -3.78. The number of hydrogen-bond acceptors (Lipinski definition) is 4. The van der Waals surface area contributed by atoms with E-state index in [1.807, 2.05) is 0 Å². The Morgan fingerprint density at radius 3 is 2.21 bits per heavy atom. The standard InChI is InChI=1S/C6H9O7P/c7-4(8)1-2-6(5(9)10)3-14(11,12)13-6/h1-3H2,(H,7,8)(H,9,10)(H,11,12). The molecule has 3 N–H and O–H groups in total. The topological polar surface area (TPSA) is 121 Å². The van der Waals surface area contributed by atoms with Crippen LogP contribution in [0.5, 0.6) is 0 Å². The van der Waals surface area contributed by atoms with E-state index in [-0.39, 0.29) is 6.42 Å². The zero-order valence-corrected chi connectivity index (χ0v) is 7.94. The fourth-order valence-corrected chi connectivity index (χ4v) is 2.88. The van der Waals surface area contributed by atoms with Crippen molar-refractivity contribution in [1.29, 1.82) is 0 Å². The minimum Gasteiger partial charge on any atom is -0.481 e. The maximum atomic E-state index is 10.8. The molecule has 7 nitrogen and oxygen atoms in total. The molecule has 8 heteroatoms. The first-order valence-electron chi connectivity index (χ1n) is 3.75. The van der Waals surface area contributed by atoms with Crippen molar-refractivity contribution < 1.29 is 33.8 Å². The highest BCUT2D eigenvalue weighted by Crippen LogP contribution is 2.60. The molecule has 0 aliphatic carbocycles. The number of carboxylic acids is 2. The molecule has 1 aliphatic heterocycles.